The van der Waals surface area contributed by atoms with Crippen molar-refractivity contribution >= 4 is 18.3 Å². The Kier molecular flexibility index (Phi) is 9.86. The molecule has 4 nitrogen and oxygen atoms in total. The van der Waals surface area contributed by atoms with Crippen molar-refractivity contribution in [3.63, 3.8) is 0 Å². The summed E-state index contributed by atoms with van der Waals surface area (Å²) in [7, 11) is 1.66. The molecule has 1 aromatic carbocycles. The van der Waals surface area contributed by atoms with E-state index in [-0.39, 0.29) is 18.3 Å². The summed E-state index contributed by atoms with van der Waals surface area (Å²) in [5.41, 5.74) is 6.62. The van der Waals surface area contributed by atoms with E-state index in [2.05, 4.69) is 24.4 Å². The summed E-state index contributed by atoms with van der Waals surface area (Å²) >= 11 is 0. The summed E-state index contributed by atoms with van der Waals surface area (Å²) in [6.07, 6.45) is 2.20. The van der Waals surface area contributed by atoms with Crippen LogP contribution in [0.4, 0.5) is 0 Å². The lowest BCUT2D eigenvalue weighted by Gasteiger charge is -2.13. The first-order valence-corrected chi connectivity index (χ1v) is 6.78. The Morgan fingerprint density at radius 3 is 2.55 bits per heavy atom. The second kappa shape index (κ2) is 10.5. The highest BCUT2D eigenvalue weighted by Crippen LogP contribution is 2.21. The van der Waals surface area contributed by atoms with Crippen molar-refractivity contribution < 1.29 is 9.53 Å². The summed E-state index contributed by atoms with van der Waals surface area (Å²) in [5, 5.41) is 2.92. The molecule has 20 heavy (non-hydrogen) atoms. The molecule has 0 radical (unpaired) electrons. The molecular weight excluding hydrogens is 276 g/mol. The van der Waals surface area contributed by atoms with Crippen LogP contribution < -0.4 is 15.8 Å². The lowest BCUT2D eigenvalue weighted by molar-refractivity contribution is -0.121. The first-order valence-electron chi connectivity index (χ1n) is 6.78. The van der Waals surface area contributed by atoms with Gasteiger partial charge in [-0.1, -0.05) is 19.1 Å². The van der Waals surface area contributed by atoms with Gasteiger partial charge in [0, 0.05) is 13.0 Å². The molecule has 0 spiro atoms. The fourth-order valence-corrected chi connectivity index (χ4v) is 1.88. The first-order chi connectivity index (χ1) is 9.17. The second-order valence-corrected chi connectivity index (χ2v) is 4.71. The monoisotopic (exact) mass is 300 g/mol. The van der Waals surface area contributed by atoms with Crippen LogP contribution in [-0.4, -0.2) is 26.1 Å². The van der Waals surface area contributed by atoms with Crippen molar-refractivity contribution in [1.82, 2.24) is 5.32 Å². The van der Waals surface area contributed by atoms with Gasteiger partial charge in [-0.15, -0.1) is 12.4 Å². The van der Waals surface area contributed by atoms with Gasteiger partial charge in [0.05, 0.1) is 7.11 Å². The van der Waals surface area contributed by atoms with Crippen LogP contribution in [0.3, 0.4) is 0 Å². The van der Waals surface area contributed by atoms with E-state index in [1.165, 1.54) is 5.56 Å². The van der Waals surface area contributed by atoms with E-state index in [1.807, 2.05) is 12.1 Å². The van der Waals surface area contributed by atoms with E-state index >= 15 is 0 Å². The number of hydrogen-bond acceptors (Lipinski definition) is 3. The first kappa shape index (κ1) is 18.7. The van der Waals surface area contributed by atoms with E-state index in [1.54, 1.807) is 7.11 Å². The molecule has 114 valence electrons. The second-order valence-electron chi connectivity index (χ2n) is 4.71. The van der Waals surface area contributed by atoms with Gasteiger partial charge in [0.2, 0.25) is 5.91 Å². The van der Waals surface area contributed by atoms with Gasteiger partial charge in [0.15, 0.2) is 0 Å². The van der Waals surface area contributed by atoms with E-state index in [9.17, 15) is 4.79 Å². The zero-order valence-corrected chi connectivity index (χ0v) is 13.0. The van der Waals surface area contributed by atoms with Gasteiger partial charge in [-0.3, -0.25) is 4.79 Å². The maximum Gasteiger partial charge on any atom is 0.220 e. The fourth-order valence-electron chi connectivity index (χ4n) is 1.88. The van der Waals surface area contributed by atoms with Crippen LogP contribution in [0.2, 0.25) is 0 Å². The molecule has 0 aliphatic rings. The van der Waals surface area contributed by atoms with Crippen LogP contribution in [-0.2, 0) is 4.79 Å². The minimum atomic E-state index is 0. The van der Waals surface area contributed by atoms with Gasteiger partial charge in [-0.2, -0.15) is 0 Å². The standard InChI is InChI=1S/C15H24N2O2.ClH/c1-12(9-11-17-15(18)4-3-10-16)13-5-7-14(19-2)8-6-13;/h5-8,12H,3-4,9-11,16H2,1-2H3,(H,17,18);1H. The lowest BCUT2D eigenvalue weighted by atomic mass is 9.98. The smallest absolute Gasteiger partial charge is 0.220 e. The number of carbonyl (C=O) groups excluding carboxylic acids is 1. The zero-order chi connectivity index (χ0) is 14.1. The number of nitrogens with one attached hydrogen (secondary N) is 1. The Balaban J connectivity index is 0.00000361. The minimum Gasteiger partial charge on any atom is -0.497 e. The molecule has 0 fully saturated rings. The molecule has 0 aliphatic heterocycles. The summed E-state index contributed by atoms with van der Waals surface area (Å²) in [5.74, 6) is 1.37. The van der Waals surface area contributed by atoms with Gasteiger partial charge in [-0.05, 0) is 43.0 Å². The highest BCUT2D eigenvalue weighted by atomic mass is 35.5. The number of nitrogens with two attached hydrogens (primary N) is 1. The van der Waals surface area contributed by atoms with E-state index in [0.717, 1.165) is 18.6 Å². The number of ether oxygens (including phenoxy) is 1. The van der Waals surface area contributed by atoms with Crippen molar-refractivity contribution in [2.24, 2.45) is 5.73 Å². The van der Waals surface area contributed by atoms with Crippen LogP contribution in [0.5, 0.6) is 5.75 Å². The summed E-state index contributed by atoms with van der Waals surface area (Å²) < 4.78 is 5.13. The highest BCUT2D eigenvalue weighted by Gasteiger charge is 2.06. The van der Waals surface area contributed by atoms with Gasteiger partial charge in [-0.25, -0.2) is 0 Å². The molecule has 1 aromatic rings. The molecule has 0 saturated heterocycles. The Hall–Kier alpha value is -1.26. The third-order valence-electron chi connectivity index (χ3n) is 3.19. The van der Waals surface area contributed by atoms with E-state index in [4.69, 9.17) is 10.5 Å². The van der Waals surface area contributed by atoms with Crippen LogP contribution in [0.1, 0.15) is 37.7 Å². The van der Waals surface area contributed by atoms with Crippen LogP contribution in [0.15, 0.2) is 24.3 Å². The number of methoxy groups -OCH3 is 1. The van der Waals surface area contributed by atoms with Gasteiger partial charge >= 0.3 is 0 Å². The fraction of sp³-hybridized carbons (Fsp3) is 0.533. The molecular formula is C15H25ClN2O2. The molecule has 1 amide bonds. The van der Waals surface area contributed by atoms with E-state index < -0.39 is 0 Å². The highest BCUT2D eigenvalue weighted by molar-refractivity contribution is 5.85. The Bertz CT molecular complexity index is 382. The SMILES string of the molecule is COc1ccc(C(C)CCNC(=O)CCCN)cc1.Cl. The number of amides is 1. The van der Waals surface area contributed by atoms with Crippen molar-refractivity contribution in [1.29, 1.82) is 0 Å². The number of halogens is 1. The quantitative estimate of drug-likeness (QED) is 0.775. The lowest BCUT2D eigenvalue weighted by Crippen LogP contribution is -2.25. The molecule has 0 bridgehead atoms. The van der Waals surface area contributed by atoms with Crippen LogP contribution in [0.25, 0.3) is 0 Å². The molecule has 3 N–H and O–H groups in total. The predicted octanol–water partition coefficient (Wildman–Crippen LogP) is 2.47. The topological polar surface area (TPSA) is 64.3 Å². The van der Waals surface area contributed by atoms with Gasteiger partial charge in [0.1, 0.15) is 5.75 Å². The molecule has 5 heteroatoms. The van der Waals surface area contributed by atoms with Gasteiger partial charge < -0.3 is 15.8 Å². The molecule has 1 atom stereocenters. The van der Waals surface area contributed by atoms with Crippen molar-refractivity contribution in [3.05, 3.63) is 29.8 Å². The summed E-state index contributed by atoms with van der Waals surface area (Å²) in [6, 6.07) is 8.07. The zero-order valence-electron chi connectivity index (χ0n) is 12.2. The Labute approximate surface area is 127 Å². The van der Waals surface area contributed by atoms with Crippen molar-refractivity contribution in [3.8, 4) is 5.75 Å². The maximum absolute atomic E-state index is 11.4. The number of hydrogen-bond donors (Lipinski definition) is 2. The normalized spacial score (nSPS) is 11.3. The van der Waals surface area contributed by atoms with Crippen molar-refractivity contribution in [2.75, 3.05) is 20.2 Å². The van der Waals surface area contributed by atoms with Gasteiger partial charge in [0.25, 0.3) is 0 Å². The third kappa shape index (κ3) is 6.78. The minimum absolute atomic E-state index is 0. The third-order valence-corrected chi connectivity index (χ3v) is 3.19. The van der Waals surface area contributed by atoms with E-state index in [0.29, 0.717) is 25.4 Å². The number of carbonyl (C=O) groups is 1. The molecule has 1 rings (SSSR count). The average Bonchev–Trinajstić information content (AvgIpc) is 2.45. The average molecular weight is 301 g/mol. The molecule has 0 aliphatic carbocycles. The molecule has 0 heterocycles. The van der Waals surface area contributed by atoms with Crippen LogP contribution >= 0.6 is 12.4 Å². The Morgan fingerprint density at radius 2 is 2.00 bits per heavy atom. The van der Waals surface area contributed by atoms with Crippen LogP contribution in [0, 0.1) is 0 Å². The predicted molar refractivity (Wildman–Crippen MR) is 84.6 cm³/mol. The Morgan fingerprint density at radius 1 is 1.35 bits per heavy atom. The maximum atomic E-state index is 11.4. The largest absolute Gasteiger partial charge is 0.497 e. The molecule has 0 saturated carbocycles. The summed E-state index contributed by atoms with van der Waals surface area (Å²) in [4.78, 5) is 11.4. The molecule has 1 unspecified atom stereocenters. The van der Waals surface area contributed by atoms with Crippen molar-refractivity contribution in [2.45, 2.75) is 32.1 Å². The molecule has 0 aromatic heterocycles. The number of rotatable bonds is 8. The number of benzene rings is 1. The summed E-state index contributed by atoms with van der Waals surface area (Å²) in [6.45, 7) is 3.43.